The van der Waals surface area contributed by atoms with E-state index in [0.717, 1.165) is 45.2 Å². The average Bonchev–Trinajstić information content (AvgIpc) is 3.23. The Morgan fingerprint density at radius 3 is 2.37 bits per heavy atom. The SMILES string of the molecule is CCCNCC1CCN(S(=O)(=O)N(C)C2CC2)CC1. The van der Waals surface area contributed by atoms with E-state index >= 15 is 0 Å². The Bertz CT molecular complexity index is 373. The van der Waals surface area contributed by atoms with Crippen molar-refractivity contribution in [3.63, 3.8) is 0 Å². The Labute approximate surface area is 117 Å². The van der Waals surface area contributed by atoms with Gasteiger partial charge in [0.05, 0.1) is 0 Å². The molecule has 1 saturated carbocycles. The summed E-state index contributed by atoms with van der Waals surface area (Å²) in [6.45, 7) is 5.61. The minimum absolute atomic E-state index is 0.258. The highest BCUT2D eigenvalue weighted by molar-refractivity contribution is 7.86. The fraction of sp³-hybridized carbons (Fsp3) is 1.00. The predicted octanol–water partition coefficient (Wildman–Crippen LogP) is 1.04. The van der Waals surface area contributed by atoms with Gasteiger partial charge in [-0.1, -0.05) is 6.92 Å². The van der Waals surface area contributed by atoms with E-state index in [-0.39, 0.29) is 6.04 Å². The molecule has 5 nitrogen and oxygen atoms in total. The predicted molar refractivity (Wildman–Crippen MR) is 77.2 cm³/mol. The summed E-state index contributed by atoms with van der Waals surface area (Å²) in [6.07, 6.45) is 5.16. The van der Waals surface area contributed by atoms with Crippen LogP contribution in [0.5, 0.6) is 0 Å². The molecule has 1 saturated heterocycles. The first-order valence-electron chi connectivity index (χ1n) is 7.49. The van der Waals surface area contributed by atoms with Crippen LogP contribution in [0, 0.1) is 5.92 Å². The van der Waals surface area contributed by atoms with E-state index in [1.54, 1.807) is 15.7 Å². The maximum Gasteiger partial charge on any atom is 0.281 e. The van der Waals surface area contributed by atoms with Crippen LogP contribution in [0.3, 0.4) is 0 Å². The van der Waals surface area contributed by atoms with Crippen molar-refractivity contribution in [1.29, 1.82) is 0 Å². The molecule has 0 atom stereocenters. The highest BCUT2D eigenvalue weighted by Gasteiger charge is 2.38. The monoisotopic (exact) mass is 289 g/mol. The van der Waals surface area contributed by atoms with Gasteiger partial charge in [-0.05, 0) is 51.1 Å². The molecule has 0 aromatic heterocycles. The van der Waals surface area contributed by atoms with Crippen molar-refractivity contribution in [3.8, 4) is 0 Å². The van der Waals surface area contributed by atoms with Crippen molar-refractivity contribution in [2.45, 2.75) is 45.1 Å². The van der Waals surface area contributed by atoms with Crippen molar-refractivity contribution in [3.05, 3.63) is 0 Å². The van der Waals surface area contributed by atoms with Gasteiger partial charge < -0.3 is 5.32 Å². The van der Waals surface area contributed by atoms with Gasteiger partial charge in [0.2, 0.25) is 0 Å². The number of hydrogen-bond acceptors (Lipinski definition) is 3. The summed E-state index contributed by atoms with van der Waals surface area (Å²) in [5.41, 5.74) is 0. The lowest BCUT2D eigenvalue weighted by Crippen LogP contribution is -2.47. The second kappa shape index (κ2) is 6.52. The molecular weight excluding hydrogens is 262 g/mol. The number of hydrogen-bond donors (Lipinski definition) is 1. The first kappa shape index (κ1) is 15.2. The van der Waals surface area contributed by atoms with Crippen LogP contribution in [0.25, 0.3) is 0 Å². The normalized spacial score (nSPS) is 23.1. The smallest absolute Gasteiger partial charge is 0.281 e. The molecule has 1 aliphatic heterocycles. The zero-order chi connectivity index (χ0) is 13.9. The van der Waals surface area contributed by atoms with E-state index in [0.29, 0.717) is 19.0 Å². The number of nitrogens with one attached hydrogen (secondary N) is 1. The zero-order valence-electron chi connectivity index (χ0n) is 12.1. The standard InChI is InChI=1S/C13H27N3O2S/c1-3-8-14-11-12-6-9-16(10-7-12)19(17,18)15(2)13-4-5-13/h12-14H,3-11H2,1-2H3. The molecule has 0 unspecified atom stereocenters. The van der Waals surface area contributed by atoms with Crippen LogP contribution in [0.15, 0.2) is 0 Å². The Morgan fingerprint density at radius 1 is 1.21 bits per heavy atom. The average molecular weight is 289 g/mol. The third kappa shape index (κ3) is 3.90. The fourth-order valence-corrected chi connectivity index (χ4v) is 4.26. The highest BCUT2D eigenvalue weighted by Crippen LogP contribution is 2.30. The second-order valence-corrected chi connectivity index (χ2v) is 7.79. The first-order chi connectivity index (χ1) is 9.05. The minimum Gasteiger partial charge on any atom is -0.316 e. The summed E-state index contributed by atoms with van der Waals surface area (Å²) in [6, 6.07) is 0.258. The molecule has 0 aromatic carbocycles. The summed E-state index contributed by atoms with van der Waals surface area (Å²) in [7, 11) is -1.48. The lowest BCUT2D eigenvalue weighted by molar-refractivity contribution is 0.253. The molecule has 2 aliphatic rings. The van der Waals surface area contributed by atoms with Crippen molar-refractivity contribution < 1.29 is 8.42 Å². The third-order valence-corrected chi connectivity index (χ3v) is 6.23. The van der Waals surface area contributed by atoms with Crippen LogP contribution in [0.4, 0.5) is 0 Å². The first-order valence-corrected chi connectivity index (χ1v) is 8.89. The summed E-state index contributed by atoms with van der Waals surface area (Å²) in [5.74, 6) is 0.629. The third-order valence-electron chi connectivity index (χ3n) is 4.18. The van der Waals surface area contributed by atoms with E-state index in [4.69, 9.17) is 0 Å². The van der Waals surface area contributed by atoms with Gasteiger partial charge in [-0.2, -0.15) is 17.0 Å². The summed E-state index contributed by atoms with van der Waals surface area (Å²) < 4.78 is 28.0. The molecule has 0 bridgehead atoms. The number of piperidine rings is 1. The van der Waals surface area contributed by atoms with Gasteiger partial charge in [0.1, 0.15) is 0 Å². The van der Waals surface area contributed by atoms with Gasteiger partial charge in [-0.15, -0.1) is 0 Å². The van der Waals surface area contributed by atoms with Gasteiger partial charge >= 0.3 is 0 Å². The van der Waals surface area contributed by atoms with Crippen LogP contribution in [0.2, 0.25) is 0 Å². The van der Waals surface area contributed by atoms with Crippen molar-refractivity contribution >= 4 is 10.2 Å². The number of nitrogens with zero attached hydrogens (tertiary/aromatic N) is 2. The second-order valence-electron chi connectivity index (χ2n) is 5.80. The lowest BCUT2D eigenvalue weighted by atomic mass is 9.98. The summed E-state index contributed by atoms with van der Waals surface area (Å²) >= 11 is 0. The molecule has 0 radical (unpaired) electrons. The van der Waals surface area contributed by atoms with Crippen LogP contribution in [0.1, 0.15) is 39.0 Å². The van der Waals surface area contributed by atoms with Crippen LogP contribution in [-0.2, 0) is 10.2 Å². The molecule has 0 spiro atoms. The quantitative estimate of drug-likeness (QED) is 0.713. The highest BCUT2D eigenvalue weighted by atomic mass is 32.2. The van der Waals surface area contributed by atoms with Crippen LogP contribution in [-0.4, -0.2) is 56.3 Å². The van der Waals surface area contributed by atoms with E-state index < -0.39 is 10.2 Å². The van der Waals surface area contributed by atoms with Crippen molar-refractivity contribution in [2.75, 3.05) is 33.2 Å². The summed E-state index contributed by atoms with van der Waals surface area (Å²) in [5, 5.41) is 3.43. The molecule has 2 rings (SSSR count). The molecule has 0 amide bonds. The summed E-state index contributed by atoms with van der Waals surface area (Å²) in [4.78, 5) is 0. The van der Waals surface area contributed by atoms with E-state index in [9.17, 15) is 8.42 Å². The Kier molecular flexibility index (Phi) is 5.22. The maximum atomic E-state index is 12.4. The zero-order valence-corrected chi connectivity index (χ0v) is 13.0. The van der Waals surface area contributed by atoms with E-state index in [2.05, 4.69) is 12.2 Å². The Morgan fingerprint density at radius 2 is 1.84 bits per heavy atom. The molecular formula is C13H27N3O2S. The number of rotatable bonds is 7. The van der Waals surface area contributed by atoms with Gasteiger partial charge in [-0.3, -0.25) is 0 Å². The van der Waals surface area contributed by atoms with Gasteiger partial charge in [0, 0.05) is 26.2 Å². The Balaban J connectivity index is 1.79. The van der Waals surface area contributed by atoms with Crippen molar-refractivity contribution in [2.24, 2.45) is 5.92 Å². The van der Waals surface area contributed by atoms with E-state index in [1.165, 1.54) is 0 Å². The fourth-order valence-electron chi connectivity index (χ4n) is 2.64. The largest absolute Gasteiger partial charge is 0.316 e. The molecule has 1 N–H and O–H groups in total. The van der Waals surface area contributed by atoms with Crippen molar-refractivity contribution in [1.82, 2.24) is 13.9 Å². The molecule has 19 heavy (non-hydrogen) atoms. The molecule has 1 heterocycles. The molecule has 1 aliphatic carbocycles. The van der Waals surface area contributed by atoms with Gasteiger partial charge in [0.25, 0.3) is 10.2 Å². The topological polar surface area (TPSA) is 52.7 Å². The molecule has 0 aromatic rings. The van der Waals surface area contributed by atoms with Crippen LogP contribution < -0.4 is 5.32 Å². The van der Waals surface area contributed by atoms with Gasteiger partial charge in [0.15, 0.2) is 0 Å². The maximum absolute atomic E-state index is 12.4. The molecule has 112 valence electrons. The van der Waals surface area contributed by atoms with Gasteiger partial charge in [-0.25, -0.2) is 0 Å². The van der Waals surface area contributed by atoms with E-state index in [1.807, 2.05) is 0 Å². The molecule has 6 heteroatoms. The lowest BCUT2D eigenvalue weighted by Gasteiger charge is -2.33. The minimum atomic E-state index is -3.20. The van der Waals surface area contributed by atoms with Crippen LogP contribution >= 0.6 is 0 Å². The molecule has 2 fully saturated rings. The Hall–Kier alpha value is -0.170.